The first-order valence-corrected chi connectivity index (χ1v) is 8.38. The summed E-state index contributed by atoms with van der Waals surface area (Å²) in [5, 5.41) is 6.38. The number of halogens is 1. The molecule has 2 aromatic rings. The van der Waals surface area contributed by atoms with Gasteiger partial charge in [-0.05, 0) is 48.6 Å². The Bertz CT molecular complexity index is 607. The van der Waals surface area contributed by atoms with Crippen LogP contribution in [0.2, 0.25) is 0 Å². The average Bonchev–Trinajstić information content (AvgIpc) is 2.46. The molecule has 0 heterocycles. The maximum atomic E-state index is 3.78. The monoisotopic (exact) mass is 331 g/mol. The van der Waals surface area contributed by atoms with E-state index in [9.17, 15) is 0 Å². The van der Waals surface area contributed by atoms with Crippen LogP contribution >= 0.6 is 15.9 Å². The van der Waals surface area contributed by atoms with Gasteiger partial charge < -0.3 is 5.32 Å². The summed E-state index contributed by atoms with van der Waals surface area (Å²) in [4.78, 5) is 0. The molecule has 0 amide bonds. The van der Waals surface area contributed by atoms with Gasteiger partial charge in [0.15, 0.2) is 0 Å². The van der Waals surface area contributed by atoms with E-state index < -0.39 is 0 Å². The minimum atomic E-state index is 0.616. The van der Waals surface area contributed by atoms with Crippen molar-refractivity contribution in [2.45, 2.75) is 39.2 Å². The minimum Gasteiger partial charge on any atom is -0.382 e. The fourth-order valence-corrected chi connectivity index (χ4v) is 3.76. The quantitative estimate of drug-likeness (QED) is 0.728. The minimum absolute atomic E-state index is 0.616. The zero-order valence-electron chi connectivity index (χ0n) is 12.2. The van der Waals surface area contributed by atoms with E-state index in [0.717, 1.165) is 11.8 Å². The van der Waals surface area contributed by atoms with E-state index >= 15 is 0 Å². The Balaban J connectivity index is 1.86. The normalized spacial score (nSPS) is 26.6. The fraction of sp³-hybridized carbons (Fsp3) is 0.444. The lowest BCUT2D eigenvalue weighted by Gasteiger charge is -2.33. The lowest BCUT2D eigenvalue weighted by Crippen LogP contribution is -2.30. The van der Waals surface area contributed by atoms with Crippen molar-refractivity contribution in [2.24, 2.45) is 11.8 Å². The average molecular weight is 332 g/mol. The van der Waals surface area contributed by atoms with Crippen LogP contribution in [0.3, 0.4) is 0 Å². The van der Waals surface area contributed by atoms with Gasteiger partial charge in [-0.25, -0.2) is 0 Å². The van der Waals surface area contributed by atoms with E-state index in [2.05, 4.69) is 71.5 Å². The number of hydrogen-bond donors (Lipinski definition) is 1. The first-order chi connectivity index (χ1) is 9.65. The van der Waals surface area contributed by atoms with Crippen LogP contribution in [-0.4, -0.2) is 6.04 Å². The summed E-state index contributed by atoms with van der Waals surface area (Å²) in [5.74, 6) is 1.69. The molecule has 0 bridgehead atoms. The molecule has 1 aliphatic rings. The highest BCUT2D eigenvalue weighted by molar-refractivity contribution is 9.10. The predicted octanol–water partition coefficient (Wildman–Crippen LogP) is 5.84. The molecule has 2 aromatic carbocycles. The number of nitrogens with one attached hydrogen (secondary N) is 1. The number of fused-ring (bicyclic) bond motifs is 1. The molecule has 1 nitrogen and oxygen atoms in total. The van der Waals surface area contributed by atoms with Gasteiger partial charge in [0.25, 0.3) is 0 Å². The van der Waals surface area contributed by atoms with Crippen LogP contribution < -0.4 is 5.32 Å². The van der Waals surface area contributed by atoms with Gasteiger partial charge in [-0.3, -0.25) is 0 Å². The molecule has 3 rings (SSSR count). The van der Waals surface area contributed by atoms with Gasteiger partial charge >= 0.3 is 0 Å². The van der Waals surface area contributed by atoms with E-state index in [0.29, 0.717) is 6.04 Å². The largest absolute Gasteiger partial charge is 0.382 e. The molecule has 106 valence electrons. The molecule has 3 atom stereocenters. The van der Waals surface area contributed by atoms with Crippen LogP contribution in [0.15, 0.2) is 40.9 Å². The number of hydrogen-bond acceptors (Lipinski definition) is 1. The van der Waals surface area contributed by atoms with Gasteiger partial charge in [0, 0.05) is 21.6 Å². The van der Waals surface area contributed by atoms with E-state index in [4.69, 9.17) is 0 Å². The Kier molecular flexibility index (Phi) is 4.02. The van der Waals surface area contributed by atoms with Crippen LogP contribution in [-0.2, 0) is 0 Å². The number of rotatable bonds is 2. The third kappa shape index (κ3) is 2.71. The standard InChI is InChI=1S/C18H22BrN/c1-12-7-8-14(11-13(12)2)20-18-10-9-17(19)15-5-3-4-6-16(15)18/h3-6,9-10,12-14,20H,7-8,11H2,1-2H3. The van der Waals surface area contributed by atoms with Crippen molar-refractivity contribution in [3.8, 4) is 0 Å². The molecule has 0 spiro atoms. The second kappa shape index (κ2) is 5.77. The number of benzene rings is 2. The van der Waals surface area contributed by atoms with Crippen molar-refractivity contribution < 1.29 is 0 Å². The van der Waals surface area contributed by atoms with Crippen molar-refractivity contribution in [3.05, 3.63) is 40.9 Å². The van der Waals surface area contributed by atoms with Crippen molar-refractivity contribution >= 4 is 32.4 Å². The molecule has 0 aliphatic heterocycles. The van der Waals surface area contributed by atoms with Crippen LogP contribution in [0, 0.1) is 11.8 Å². The second-order valence-electron chi connectivity index (χ2n) is 6.25. The Labute approximate surface area is 129 Å². The number of anilines is 1. The van der Waals surface area contributed by atoms with Crippen molar-refractivity contribution in [2.75, 3.05) is 5.32 Å². The molecule has 1 N–H and O–H groups in total. The van der Waals surface area contributed by atoms with E-state index in [1.54, 1.807) is 0 Å². The van der Waals surface area contributed by atoms with Crippen molar-refractivity contribution in [1.82, 2.24) is 0 Å². The first-order valence-electron chi connectivity index (χ1n) is 7.59. The Morgan fingerprint density at radius 3 is 2.45 bits per heavy atom. The van der Waals surface area contributed by atoms with E-state index in [-0.39, 0.29) is 0 Å². The molecule has 3 unspecified atom stereocenters. The van der Waals surface area contributed by atoms with E-state index in [1.807, 2.05) is 0 Å². The van der Waals surface area contributed by atoms with Gasteiger partial charge in [0.2, 0.25) is 0 Å². The molecule has 0 aromatic heterocycles. The van der Waals surface area contributed by atoms with E-state index in [1.165, 1.54) is 40.2 Å². The van der Waals surface area contributed by atoms with Crippen LogP contribution in [0.25, 0.3) is 10.8 Å². The van der Waals surface area contributed by atoms with Gasteiger partial charge in [-0.15, -0.1) is 0 Å². The van der Waals surface area contributed by atoms with Gasteiger partial charge in [-0.1, -0.05) is 54.0 Å². The third-order valence-corrected chi connectivity index (χ3v) is 5.52. The summed E-state index contributed by atoms with van der Waals surface area (Å²) in [5.41, 5.74) is 1.27. The summed E-state index contributed by atoms with van der Waals surface area (Å²) in [7, 11) is 0. The molecule has 0 saturated heterocycles. The Hall–Kier alpha value is -1.02. The second-order valence-corrected chi connectivity index (χ2v) is 7.10. The van der Waals surface area contributed by atoms with Crippen LogP contribution in [0.1, 0.15) is 33.1 Å². The summed E-state index contributed by atoms with van der Waals surface area (Å²) >= 11 is 3.65. The molecule has 0 radical (unpaired) electrons. The van der Waals surface area contributed by atoms with Gasteiger partial charge in [-0.2, -0.15) is 0 Å². The molecular formula is C18H22BrN. The molecular weight excluding hydrogens is 310 g/mol. The maximum absolute atomic E-state index is 3.78. The highest BCUT2D eigenvalue weighted by Crippen LogP contribution is 2.34. The van der Waals surface area contributed by atoms with Crippen molar-refractivity contribution in [1.29, 1.82) is 0 Å². The third-order valence-electron chi connectivity index (χ3n) is 4.83. The van der Waals surface area contributed by atoms with Crippen molar-refractivity contribution in [3.63, 3.8) is 0 Å². The zero-order chi connectivity index (χ0) is 14.1. The van der Waals surface area contributed by atoms with Crippen LogP contribution in [0.4, 0.5) is 5.69 Å². The summed E-state index contributed by atoms with van der Waals surface area (Å²) in [6.07, 6.45) is 3.91. The smallest absolute Gasteiger partial charge is 0.0422 e. The van der Waals surface area contributed by atoms with Gasteiger partial charge in [0.05, 0.1) is 0 Å². The first kappa shape index (κ1) is 13.9. The topological polar surface area (TPSA) is 12.0 Å². The van der Waals surface area contributed by atoms with Gasteiger partial charge in [0.1, 0.15) is 0 Å². The van der Waals surface area contributed by atoms with Crippen LogP contribution in [0.5, 0.6) is 0 Å². The highest BCUT2D eigenvalue weighted by Gasteiger charge is 2.24. The summed E-state index contributed by atoms with van der Waals surface area (Å²) in [6, 6.07) is 13.6. The molecule has 1 saturated carbocycles. The molecule has 1 aliphatic carbocycles. The molecule has 2 heteroatoms. The SMILES string of the molecule is CC1CCC(Nc2ccc(Br)c3ccccc23)CC1C. The molecule has 20 heavy (non-hydrogen) atoms. The Morgan fingerprint density at radius 2 is 1.70 bits per heavy atom. The zero-order valence-corrected chi connectivity index (χ0v) is 13.8. The highest BCUT2D eigenvalue weighted by atomic mass is 79.9. The Morgan fingerprint density at radius 1 is 0.950 bits per heavy atom. The predicted molar refractivity (Wildman–Crippen MR) is 91.2 cm³/mol. The summed E-state index contributed by atoms with van der Waals surface area (Å²) in [6.45, 7) is 4.77. The fourth-order valence-electron chi connectivity index (χ4n) is 3.29. The molecule has 1 fully saturated rings. The lowest BCUT2D eigenvalue weighted by molar-refractivity contribution is 0.261. The summed E-state index contributed by atoms with van der Waals surface area (Å²) < 4.78 is 1.17. The lowest BCUT2D eigenvalue weighted by atomic mass is 9.79. The maximum Gasteiger partial charge on any atom is 0.0422 e.